The Labute approximate surface area is 195 Å². The Hall–Kier alpha value is -2.93. The molecule has 2 aliphatic rings. The van der Waals surface area contributed by atoms with Crippen LogP contribution in [0.25, 0.3) is 0 Å². The quantitative estimate of drug-likeness (QED) is 0.454. The lowest BCUT2D eigenvalue weighted by atomic mass is 9.89. The van der Waals surface area contributed by atoms with E-state index in [1.54, 1.807) is 25.1 Å². The van der Waals surface area contributed by atoms with Crippen LogP contribution in [0, 0.1) is 5.92 Å². The van der Waals surface area contributed by atoms with Crippen LogP contribution < -0.4 is 4.74 Å². The number of methoxy groups -OCH3 is 1. The fourth-order valence-electron chi connectivity index (χ4n) is 4.84. The first-order valence-corrected chi connectivity index (χ1v) is 11.9. The number of nitrogens with zero attached hydrogens (tertiary/aromatic N) is 3. The molecule has 0 spiro atoms. The van der Waals surface area contributed by atoms with Gasteiger partial charge in [0.25, 0.3) is 5.91 Å². The number of ketones is 2. The van der Waals surface area contributed by atoms with Gasteiger partial charge in [-0.1, -0.05) is 0 Å². The molecule has 1 aromatic heterocycles. The maximum atomic E-state index is 12.8. The number of carbonyl (C=O) groups is 3. The molecule has 2 aromatic rings. The molecule has 2 aliphatic heterocycles. The Kier molecular flexibility index (Phi) is 7.28. The van der Waals surface area contributed by atoms with E-state index in [1.807, 2.05) is 35.0 Å². The Bertz CT molecular complexity index is 1000. The Balaban J connectivity index is 1.22. The van der Waals surface area contributed by atoms with Crippen molar-refractivity contribution in [2.24, 2.45) is 5.92 Å². The Morgan fingerprint density at radius 2 is 1.70 bits per heavy atom. The summed E-state index contributed by atoms with van der Waals surface area (Å²) in [7, 11) is 3.38. The SMILES string of the molecule is COc1ccc(C(=O)C2CCN(CCCCn3ccc4c3C(=O)N(C)CCC4=O)CC2)cc1. The molecule has 1 amide bonds. The zero-order valence-electron chi connectivity index (χ0n) is 19.6. The van der Waals surface area contributed by atoms with E-state index in [-0.39, 0.29) is 23.4 Å². The van der Waals surface area contributed by atoms with Crippen LogP contribution in [-0.2, 0) is 6.54 Å². The van der Waals surface area contributed by atoms with Gasteiger partial charge in [-0.3, -0.25) is 14.4 Å². The van der Waals surface area contributed by atoms with E-state index in [4.69, 9.17) is 4.74 Å². The van der Waals surface area contributed by atoms with Crippen LogP contribution in [0.2, 0.25) is 0 Å². The summed E-state index contributed by atoms with van der Waals surface area (Å²) < 4.78 is 7.11. The van der Waals surface area contributed by atoms with Gasteiger partial charge < -0.3 is 19.1 Å². The highest BCUT2D eigenvalue weighted by molar-refractivity contribution is 6.08. The predicted octanol–water partition coefficient (Wildman–Crippen LogP) is 3.53. The summed E-state index contributed by atoms with van der Waals surface area (Å²) in [4.78, 5) is 41.8. The number of rotatable bonds is 8. The van der Waals surface area contributed by atoms with E-state index in [9.17, 15) is 14.4 Å². The van der Waals surface area contributed by atoms with E-state index in [0.29, 0.717) is 24.2 Å². The number of aryl methyl sites for hydroxylation is 1. The second kappa shape index (κ2) is 10.3. The molecule has 0 unspecified atom stereocenters. The van der Waals surface area contributed by atoms with Gasteiger partial charge in [0.15, 0.2) is 11.6 Å². The molecule has 0 saturated carbocycles. The summed E-state index contributed by atoms with van der Waals surface area (Å²) in [5.41, 5.74) is 1.87. The van der Waals surface area contributed by atoms with Crippen molar-refractivity contribution in [3.05, 3.63) is 53.3 Å². The molecule has 1 saturated heterocycles. The summed E-state index contributed by atoms with van der Waals surface area (Å²) in [5.74, 6) is 1.07. The van der Waals surface area contributed by atoms with Crippen LogP contribution >= 0.6 is 0 Å². The van der Waals surface area contributed by atoms with Crippen LogP contribution in [0.15, 0.2) is 36.5 Å². The molecule has 0 atom stereocenters. The van der Waals surface area contributed by atoms with Crippen LogP contribution in [0.3, 0.4) is 0 Å². The van der Waals surface area contributed by atoms with Crippen molar-refractivity contribution < 1.29 is 19.1 Å². The minimum Gasteiger partial charge on any atom is -0.497 e. The molecule has 3 heterocycles. The highest BCUT2D eigenvalue weighted by Crippen LogP contribution is 2.24. The summed E-state index contributed by atoms with van der Waals surface area (Å²) in [6.45, 7) is 4.06. The number of ether oxygens (including phenoxy) is 1. The summed E-state index contributed by atoms with van der Waals surface area (Å²) in [6.07, 6.45) is 5.99. The number of amides is 1. The fraction of sp³-hybridized carbons (Fsp3) is 0.500. The minimum absolute atomic E-state index is 0.0495. The van der Waals surface area contributed by atoms with Crippen molar-refractivity contribution in [1.82, 2.24) is 14.4 Å². The molecule has 0 aliphatic carbocycles. The number of carbonyl (C=O) groups excluding carboxylic acids is 3. The molecular formula is C26H33N3O4. The van der Waals surface area contributed by atoms with E-state index < -0.39 is 0 Å². The fourth-order valence-corrected chi connectivity index (χ4v) is 4.84. The Morgan fingerprint density at radius 3 is 2.39 bits per heavy atom. The zero-order chi connectivity index (χ0) is 23.4. The third kappa shape index (κ3) is 5.19. The first kappa shape index (κ1) is 23.2. The molecule has 176 valence electrons. The van der Waals surface area contributed by atoms with Crippen LogP contribution in [0.4, 0.5) is 0 Å². The summed E-state index contributed by atoms with van der Waals surface area (Å²) in [5, 5.41) is 0. The molecular weight excluding hydrogens is 418 g/mol. The van der Waals surface area contributed by atoms with Crippen molar-refractivity contribution in [3.63, 3.8) is 0 Å². The second-order valence-corrected chi connectivity index (χ2v) is 9.09. The number of benzene rings is 1. The lowest BCUT2D eigenvalue weighted by Gasteiger charge is -2.31. The van der Waals surface area contributed by atoms with Crippen LogP contribution in [0.5, 0.6) is 5.75 Å². The molecule has 0 radical (unpaired) electrons. The number of hydrogen-bond donors (Lipinski definition) is 0. The monoisotopic (exact) mass is 451 g/mol. The number of unbranched alkanes of at least 4 members (excludes halogenated alkanes) is 1. The van der Waals surface area contributed by atoms with Crippen molar-refractivity contribution >= 4 is 17.5 Å². The van der Waals surface area contributed by atoms with Crippen LogP contribution in [-0.4, -0.2) is 72.2 Å². The second-order valence-electron chi connectivity index (χ2n) is 9.09. The normalized spacial score (nSPS) is 17.7. The molecule has 7 heteroatoms. The molecule has 0 bridgehead atoms. The number of piperidine rings is 1. The summed E-state index contributed by atoms with van der Waals surface area (Å²) in [6, 6.07) is 9.18. The maximum Gasteiger partial charge on any atom is 0.270 e. The van der Waals surface area contributed by atoms with E-state index in [0.717, 1.165) is 63.2 Å². The van der Waals surface area contributed by atoms with Gasteiger partial charge in [0.05, 0.1) is 7.11 Å². The van der Waals surface area contributed by atoms with Gasteiger partial charge >= 0.3 is 0 Å². The molecule has 0 N–H and O–H groups in total. The molecule has 1 fully saturated rings. The van der Waals surface area contributed by atoms with E-state index in [2.05, 4.69) is 4.90 Å². The lowest BCUT2D eigenvalue weighted by molar-refractivity contribution is 0.0785. The largest absolute Gasteiger partial charge is 0.497 e. The first-order chi connectivity index (χ1) is 16.0. The third-order valence-corrected chi connectivity index (χ3v) is 6.94. The van der Waals surface area contributed by atoms with Crippen molar-refractivity contribution in [3.8, 4) is 5.75 Å². The number of Topliss-reactive ketones (excluding diaryl/α,β-unsaturated/α-hetero) is 2. The van der Waals surface area contributed by atoms with Gasteiger partial charge in [0, 0.05) is 49.8 Å². The standard InChI is InChI=1S/C26H33N3O4/c1-27-15-12-23(30)22-11-18-29(24(22)26(27)32)14-4-3-13-28-16-9-20(10-17-28)25(31)19-5-7-21(33-2)8-6-19/h5-8,11,18,20H,3-4,9-10,12-17H2,1-2H3. The number of fused-ring (bicyclic) bond motifs is 1. The molecule has 7 nitrogen and oxygen atoms in total. The lowest BCUT2D eigenvalue weighted by Crippen LogP contribution is -2.37. The van der Waals surface area contributed by atoms with Crippen molar-refractivity contribution in [2.75, 3.05) is 40.3 Å². The average Bonchev–Trinajstić information content (AvgIpc) is 3.24. The van der Waals surface area contributed by atoms with Gasteiger partial charge in [0.1, 0.15) is 11.4 Å². The highest BCUT2D eigenvalue weighted by atomic mass is 16.5. The van der Waals surface area contributed by atoms with Gasteiger partial charge in [-0.2, -0.15) is 0 Å². The van der Waals surface area contributed by atoms with E-state index >= 15 is 0 Å². The van der Waals surface area contributed by atoms with Gasteiger partial charge in [-0.15, -0.1) is 0 Å². The van der Waals surface area contributed by atoms with Crippen molar-refractivity contribution in [2.45, 2.75) is 38.6 Å². The molecule has 4 rings (SSSR count). The highest BCUT2D eigenvalue weighted by Gasteiger charge is 2.28. The van der Waals surface area contributed by atoms with Gasteiger partial charge in [-0.05, 0) is 75.6 Å². The minimum atomic E-state index is -0.0653. The number of aromatic nitrogens is 1. The van der Waals surface area contributed by atoms with Crippen molar-refractivity contribution in [1.29, 1.82) is 0 Å². The smallest absolute Gasteiger partial charge is 0.270 e. The predicted molar refractivity (Wildman–Crippen MR) is 126 cm³/mol. The first-order valence-electron chi connectivity index (χ1n) is 11.9. The van der Waals surface area contributed by atoms with Gasteiger partial charge in [-0.25, -0.2) is 0 Å². The molecule has 33 heavy (non-hydrogen) atoms. The number of likely N-dealkylation sites (tertiary alicyclic amines) is 1. The summed E-state index contributed by atoms with van der Waals surface area (Å²) >= 11 is 0. The van der Waals surface area contributed by atoms with E-state index in [1.165, 1.54) is 0 Å². The van der Waals surface area contributed by atoms with Gasteiger partial charge in [0.2, 0.25) is 0 Å². The Morgan fingerprint density at radius 1 is 1.00 bits per heavy atom. The third-order valence-electron chi connectivity index (χ3n) is 6.94. The van der Waals surface area contributed by atoms with Crippen LogP contribution in [0.1, 0.15) is 63.3 Å². The topological polar surface area (TPSA) is 71.8 Å². The number of hydrogen-bond acceptors (Lipinski definition) is 5. The molecule has 1 aromatic carbocycles. The average molecular weight is 452 g/mol. The zero-order valence-corrected chi connectivity index (χ0v) is 19.6. The maximum absolute atomic E-state index is 12.8.